The molecule has 0 saturated heterocycles. The lowest BCUT2D eigenvalue weighted by Crippen LogP contribution is -2.15. The summed E-state index contributed by atoms with van der Waals surface area (Å²) in [6.07, 6.45) is 0. The lowest BCUT2D eigenvalue weighted by atomic mass is 9.82. The summed E-state index contributed by atoms with van der Waals surface area (Å²) in [7, 11) is 0. The van der Waals surface area contributed by atoms with Gasteiger partial charge in [0.05, 0.1) is 11.0 Å². The van der Waals surface area contributed by atoms with Gasteiger partial charge >= 0.3 is 0 Å². The minimum atomic E-state index is -0.0416. The first-order valence-electron chi connectivity index (χ1n) is 18.9. The highest BCUT2D eigenvalue weighted by atomic mass is 15.0. The quantitative estimate of drug-likeness (QED) is 0.189. The molecule has 0 unspecified atom stereocenters. The van der Waals surface area contributed by atoms with Gasteiger partial charge in [-0.05, 0) is 105 Å². The highest BCUT2D eigenvalue weighted by molar-refractivity contribution is 6.11. The van der Waals surface area contributed by atoms with E-state index in [1.165, 1.54) is 66.3 Å². The van der Waals surface area contributed by atoms with Crippen molar-refractivity contribution < 1.29 is 0 Å². The van der Waals surface area contributed by atoms with Crippen molar-refractivity contribution in [3.63, 3.8) is 0 Å². The molecule has 7 aromatic carbocycles. The van der Waals surface area contributed by atoms with Crippen LogP contribution in [0.5, 0.6) is 0 Å². The molecule has 10 rings (SSSR count). The molecule has 3 heteroatoms. The van der Waals surface area contributed by atoms with E-state index < -0.39 is 0 Å². The molecule has 2 aliphatic rings. The van der Waals surface area contributed by atoms with E-state index in [0.29, 0.717) is 0 Å². The van der Waals surface area contributed by atoms with Gasteiger partial charge in [0.15, 0.2) is 0 Å². The highest BCUT2D eigenvalue weighted by Gasteiger charge is 2.36. The van der Waals surface area contributed by atoms with E-state index >= 15 is 0 Å². The summed E-state index contributed by atoms with van der Waals surface area (Å²) in [6, 6.07) is 55.5. The van der Waals surface area contributed by atoms with Gasteiger partial charge in [0.2, 0.25) is 0 Å². The van der Waals surface area contributed by atoms with Crippen LogP contribution in [0.2, 0.25) is 0 Å². The molecule has 2 aliphatic carbocycles. The fraction of sp³-hybridized carbons (Fsp3) is 0.160. The normalized spacial score (nSPS) is 14.2. The monoisotopic (exact) mass is 687 g/mol. The van der Waals surface area contributed by atoms with Crippen LogP contribution in [-0.4, -0.2) is 4.57 Å². The third kappa shape index (κ3) is 5.10. The largest absolute Gasteiger partial charge is 0.355 e. The number of hydrogen-bond acceptors (Lipinski definition) is 2. The number of benzene rings is 7. The molecule has 0 spiro atoms. The van der Waals surface area contributed by atoms with Crippen LogP contribution in [0.4, 0.5) is 22.7 Å². The van der Waals surface area contributed by atoms with Gasteiger partial charge in [0, 0.05) is 50.0 Å². The first kappa shape index (κ1) is 32.8. The highest BCUT2D eigenvalue weighted by Crippen LogP contribution is 2.51. The molecule has 1 aromatic heterocycles. The number of fused-ring (bicyclic) bond motifs is 9. The number of aromatic nitrogens is 1. The van der Waals surface area contributed by atoms with Crippen LogP contribution in [-0.2, 0) is 10.8 Å². The van der Waals surface area contributed by atoms with Crippen LogP contribution in [0.1, 0.15) is 63.8 Å². The van der Waals surface area contributed by atoms with Crippen LogP contribution in [0.25, 0.3) is 49.7 Å². The Balaban J connectivity index is 0.00000183. The lowest BCUT2D eigenvalue weighted by Gasteiger charge is -2.22. The molecule has 0 radical (unpaired) electrons. The zero-order valence-corrected chi connectivity index (χ0v) is 31.4. The maximum absolute atomic E-state index is 3.77. The van der Waals surface area contributed by atoms with E-state index in [9.17, 15) is 0 Å². The van der Waals surface area contributed by atoms with E-state index in [1.54, 1.807) is 0 Å². The average Bonchev–Trinajstić information content (AvgIpc) is 3.72. The van der Waals surface area contributed by atoms with Crippen molar-refractivity contribution in [1.82, 2.24) is 4.57 Å². The van der Waals surface area contributed by atoms with Crippen molar-refractivity contribution >= 4 is 44.6 Å². The van der Waals surface area contributed by atoms with E-state index in [4.69, 9.17) is 0 Å². The SMILES string of the molecule is CC.CC1(C)c2ccccc2-c2ccc(Nc3ccc4c5ccc(Nc6ccc7c(c6)C(C)(C)c6ccccc6-7)cc5n(-c5ccccc5)c4c3)cc21. The van der Waals surface area contributed by atoms with Crippen LogP contribution >= 0.6 is 0 Å². The van der Waals surface area contributed by atoms with E-state index in [2.05, 4.69) is 195 Å². The van der Waals surface area contributed by atoms with Gasteiger partial charge in [-0.3, -0.25) is 0 Å². The Morgan fingerprint density at radius 2 is 0.755 bits per heavy atom. The molecule has 2 N–H and O–H groups in total. The predicted molar refractivity (Wildman–Crippen MR) is 227 cm³/mol. The van der Waals surface area contributed by atoms with Gasteiger partial charge in [-0.15, -0.1) is 0 Å². The molecule has 0 fully saturated rings. The molecule has 0 atom stereocenters. The molecular formula is C50H45N3. The minimum absolute atomic E-state index is 0.0416. The van der Waals surface area contributed by atoms with Gasteiger partial charge in [0.1, 0.15) is 0 Å². The zero-order valence-electron chi connectivity index (χ0n) is 31.4. The van der Waals surface area contributed by atoms with Gasteiger partial charge in [-0.25, -0.2) is 0 Å². The fourth-order valence-corrected chi connectivity index (χ4v) is 8.93. The summed E-state index contributed by atoms with van der Waals surface area (Å²) < 4.78 is 2.39. The molecule has 260 valence electrons. The Hall–Kier alpha value is -6.06. The zero-order chi connectivity index (χ0) is 36.5. The van der Waals surface area contributed by atoms with Crippen molar-refractivity contribution in [2.45, 2.75) is 52.4 Å². The second kappa shape index (κ2) is 12.3. The Bertz CT molecular complexity index is 2530. The molecule has 0 saturated carbocycles. The lowest BCUT2D eigenvalue weighted by molar-refractivity contribution is 0.660. The Kier molecular flexibility index (Phi) is 7.60. The summed E-state index contributed by atoms with van der Waals surface area (Å²) in [5, 5.41) is 9.99. The van der Waals surface area contributed by atoms with E-state index in [0.717, 1.165) is 28.4 Å². The Labute approximate surface area is 313 Å². The van der Waals surface area contributed by atoms with Gasteiger partial charge in [-0.2, -0.15) is 0 Å². The molecule has 3 nitrogen and oxygen atoms in total. The number of hydrogen-bond donors (Lipinski definition) is 2. The number of rotatable bonds is 5. The van der Waals surface area contributed by atoms with Crippen molar-refractivity contribution in [2.24, 2.45) is 0 Å². The van der Waals surface area contributed by atoms with Gasteiger partial charge in [0.25, 0.3) is 0 Å². The van der Waals surface area contributed by atoms with Crippen LogP contribution in [0.3, 0.4) is 0 Å². The molecule has 1 heterocycles. The van der Waals surface area contributed by atoms with Crippen molar-refractivity contribution in [3.8, 4) is 27.9 Å². The molecule has 53 heavy (non-hydrogen) atoms. The second-order valence-electron chi connectivity index (χ2n) is 15.2. The number of anilines is 4. The maximum Gasteiger partial charge on any atom is 0.0561 e. The average molecular weight is 688 g/mol. The molecular weight excluding hydrogens is 643 g/mol. The number of para-hydroxylation sites is 1. The molecule has 0 bridgehead atoms. The summed E-state index contributed by atoms with van der Waals surface area (Å²) >= 11 is 0. The summed E-state index contributed by atoms with van der Waals surface area (Å²) in [5.41, 5.74) is 18.6. The van der Waals surface area contributed by atoms with Gasteiger partial charge < -0.3 is 15.2 Å². The van der Waals surface area contributed by atoms with E-state index in [1.807, 2.05) is 13.8 Å². The topological polar surface area (TPSA) is 29.0 Å². The smallest absolute Gasteiger partial charge is 0.0561 e. The Morgan fingerprint density at radius 1 is 0.377 bits per heavy atom. The fourth-order valence-electron chi connectivity index (χ4n) is 8.93. The third-order valence-corrected chi connectivity index (χ3v) is 11.5. The third-order valence-electron chi connectivity index (χ3n) is 11.5. The number of nitrogens with zero attached hydrogens (tertiary/aromatic N) is 1. The van der Waals surface area contributed by atoms with Crippen LogP contribution in [0, 0.1) is 0 Å². The standard InChI is InChI=1S/C48H39N3.C2H6/c1-47(2)41-16-10-8-14-35(41)37-22-18-30(26-43(37)47)49-32-20-24-39-40-25-21-33(29-46(40)51(45(39)28-32)34-12-6-5-7-13-34)50-31-19-23-38-36-15-9-11-17-42(36)48(3,4)44(38)27-31;1-2/h5-29,49-50H,1-4H3;1-2H3. The summed E-state index contributed by atoms with van der Waals surface area (Å²) in [4.78, 5) is 0. The van der Waals surface area contributed by atoms with Crippen LogP contribution < -0.4 is 10.6 Å². The second-order valence-corrected chi connectivity index (χ2v) is 15.2. The molecule has 0 aliphatic heterocycles. The summed E-state index contributed by atoms with van der Waals surface area (Å²) in [6.45, 7) is 13.3. The first-order chi connectivity index (χ1) is 25.8. The Morgan fingerprint density at radius 3 is 1.23 bits per heavy atom. The van der Waals surface area contributed by atoms with Crippen molar-refractivity contribution in [2.75, 3.05) is 10.6 Å². The van der Waals surface area contributed by atoms with Gasteiger partial charge in [-0.1, -0.05) is 133 Å². The van der Waals surface area contributed by atoms with E-state index in [-0.39, 0.29) is 10.8 Å². The first-order valence-corrected chi connectivity index (χ1v) is 18.9. The molecule has 8 aromatic rings. The number of nitrogens with one attached hydrogen (secondary N) is 2. The predicted octanol–water partition coefficient (Wildman–Crippen LogP) is 13.9. The minimum Gasteiger partial charge on any atom is -0.355 e. The summed E-state index contributed by atoms with van der Waals surface area (Å²) in [5.74, 6) is 0. The molecule has 0 amide bonds. The van der Waals surface area contributed by atoms with Crippen LogP contribution in [0.15, 0.2) is 152 Å². The maximum atomic E-state index is 3.77. The van der Waals surface area contributed by atoms with Crippen molar-refractivity contribution in [3.05, 3.63) is 174 Å². The van der Waals surface area contributed by atoms with Crippen molar-refractivity contribution in [1.29, 1.82) is 0 Å².